The monoisotopic (exact) mass is 344 g/mol. The number of furan rings is 1. The van der Waals surface area contributed by atoms with Crippen LogP contribution in [0.1, 0.15) is 23.0 Å². The highest BCUT2D eigenvalue weighted by molar-refractivity contribution is 7.16. The van der Waals surface area contributed by atoms with E-state index >= 15 is 0 Å². The largest absolute Gasteiger partial charge is 0.465 e. The summed E-state index contributed by atoms with van der Waals surface area (Å²) in [6.45, 7) is 4.04. The van der Waals surface area contributed by atoms with Crippen molar-refractivity contribution in [2.75, 3.05) is 6.61 Å². The first-order valence-corrected chi connectivity index (χ1v) is 8.28. The minimum atomic E-state index is -0.485. The van der Waals surface area contributed by atoms with Gasteiger partial charge in [-0.3, -0.25) is 9.59 Å². The zero-order valence-electron chi connectivity index (χ0n) is 13.3. The highest BCUT2D eigenvalue weighted by Gasteiger charge is 2.13. The number of carbonyl (C=O) groups excluding carboxylic acids is 2. The number of fused-ring (bicyclic) bond motifs is 1. The molecule has 7 heteroatoms. The van der Waals surface area contributed by atoms with Crippen molar-refractivity contribution in [3.63, 3.8) is 0 Å². The van der Waals surface area contributed by atoms with Crippen LogP contribution in [-0.2, 0) is 16.1 Å². The maximum atomic E-state index is 12.2. The quantitative estimate of drug-likeness (QED) is 0.682. The highest BCUT2D eigenvalue weighted by atomic mass is 32.1. The van der Waals surface area contributed by atoms with Crippen LogP contribution < -0.4 is 4.80 Å². The summed E-state index contributed by atoms with van der Waals surface area (Å²) in [5.74, 6) is -0.697. The Bertz CT molecular complexity index is 951. The van der Waals surface area contributed by atoms with Crippen LogP contribution in [0.4, 0.5) is 0 Å². The van der Waals surface area contributed by atoms with Crippen molar-refractivity contribution in [2.24, 2.45) is 4.99 Å². The predicted molar refractivity (Wildman–Crippen MR) is 89.8 cm³/mol. The first kappa shape index (κ1) is 16.2. The Balaban J connectivity index is 2.11. The first-order valence-electron chi connectivity index (χ1n) is 7.46. The molecule has 0 radical (unpaired) electrons. The molecule has 0 atom stereocenters. The number of carbonyl (C=O) groups is 2. The molecule has 2 heterocycles. The van der Waals surface area contributed by atoms with E-state index in [-0.39, 0.29) is 18.3 Å². The van der Waals surface area contributed by atoms with Crippen LogP contribution in [0.5, 0.6) is 0 Å². The van der Waals surface area contributed by atoms with Crippen LogP contribution in [0.3, 0.4) is 0 Å². The molecule has 0 fully saturated rings. The van der Waals surface area contributed by atoms with Gasteiger partial charge in [-0.05, 0) is 43.7 Å². The van der Waals surface area contributed by atoms with Gasteiger partial charge in [-0.25, -0.2) is 0 Å². The van der Waals surface area contributed by atoms with E-state index in [4.69, 9.17) is 9.15 Å². The average molecular weight is 344 g/mol. The lowest BCUT2D eigenvalue weighted by Crippen LogP contribution is -2.23. The topological polar surface area (TPSA) is 73.8 Å². The summed E-state index contributed by atoms with van der Waals surface area (Å²) in [5.41, 5.74) is 1.93. The van der Waals surface area contributed by atoms with Gasteiger partial charge in [-0.2, -0.15) is 4.99 Å². The molecule has 3 rings (SSSR count). The van der Waals surface area contributed by atoms with Gasteiger partial charge in [0, 0.05) is 0 Å². The van der Waals surface area contributed by atoms with Gasteiger partial charge in [0.15, 0.2) is 10.6 Å². The molecule has 24 heavy (non-hydrogen) atoms. The van der Waals surface area contributed by atoms with E-state index in [9.17, 15) is 9.59 Å². The standard InChI is InChI=1S/C17H16N2O4S/c1-3-22-15(20)10-19-12-7-6-11(2)9-14(12)24-17(19)18-16(21)13-5-4-8-23-13/h4-9H,3,10H2,1-2H3. The fraction of sp³-hybridized carbons (Fsp3) is 0.235. The SMILES string of the molecule is CCOC(=O)Cn1c(=NC(=O)c2ccco2)sc2cc(C)ccc21. The molecule has 0 unspecified atom stereocenters. The zero-order valence-corrected chi connectivity index (χ0v) is 14.1. The summed E-state index contributed by atoms with van der Waals surface area (Å²) in [6.07, 6.45) is 1.42. The molecule has 0 saturated heterocycles. The molecule has 1 amide bonds. The number of hydrogen-bond donors (Lipinski definition) is 0. The number of hydrogen-bond acceptors (Lipinski definition) is 5. The van der Waals surface area contributed by atoms with Gasteiger partial charge in [-0.15, -0.1) is 0 Å². The number of aromatic nitrogens is 1. The second kappa shape index (κ2) is 6.84. The third-order valence-electron chi connectivity index (χ3n) is 3.36. The Morgan fingerprint density at radius 3 is 2.88 bits per heavy atom. The van der Waals surface area contributed by atoms with Crippen molar-refractivity contribution in [3.8, 4) is 0 Å². The van der Waals surface area contributed by atoms with Crippen molar-refractivity contribution in [2.45, 2.75) is 20.4 Å². The van der Waals surface area contributed by atoms with Gasteiger partial charge in [-0.1, -0.05) is 17.4 Å². The van der Waals surface area contributed by atoms with Crippen molar-refractivity contribution >= 4 is 33.4 Å². The second-order valence-corrected chi connectivity index (χ2v) is 6.15. The molecule has 0 bridgehead atoms. The smallest absolute Gasteiger partial charge is 0.326 e. The Hall–Kier alpha value is -2.67. The van der Waals surface area contributed by atoms with Crippen molar-refractivity contribution < 1.29 is 18.7 Å². The summed E-state index contributed by atoms with van der Waals surface area (Å²) >= 11 is 1.35. The van der Waals surface area contributed by atoms with Crippen LogP contribution in [0.25, 0.3) is 10.2 Å². The van der Waals surface area contributed by atoms with Gasteiger partial charge >= 0.3 is 11.9 Å². The third-order valence-corrected chi connectivity index (χ3v) is 4.40. The molecule has 1 aromatic carbocycles. The van der Waals surface area contributed by atoms with Crippen LogP contribution in [0, 0.1) is 6.92 Å². The van der Waals surface area contributed by atoms with E-state index in [2.05, 4.69) is 4.99 Å². The molecule has 6 nitrogen and oxygen atoms in total. The number of esters is 1. The number of rotatable bonds is 4. The summed E-state index contributed by atoms with van der Waals surface area (Å²) in [4.78, 5) is 28.7. The number of benzene rings is 1. The Kier molecular flexibility index (Phi) is 4.61. The predicted octanol–water partition coefficient (Wildman–Crippen LogP) is 2.91. The van der Waals surface area contributed by atoms with Crippen LogP contribution in [0.15, 0.2) is 46.0 Å². The van der Waals surface area contributed by atoms with Crippen LogP contribution >= 0.6 is 11.3 Å². The van der Waals surface area contributed by atoms with E-state index in [1.165, 1.54) is 17.6 Å². The molecule has 0 aliphatic carbocycles. The normalized spacial score (nSPS) is 11.8. The molecule has 124 valence electrons. The third kappa shape index (κ3) is 3.30. The molecule has 3 aromatic rings. The Morgan fingerprint density at radius 2 is 2.17 bits per heavy atom. The molecule has 0 aliphatic rings. The van der Waals surface area contributed by atoms with E-state index in [0.717, 1.165) is 15.8 Å². The lowest BCUT2D eigenvalue weighted by Gasteiger charge is -2.05. The lowest BCUT2D eigenvalue weighted by molar-refractivity contribution is -0.143. The summed E-state index contributed by atoms with van der Waals surface area (Å²) < 4.78 is 12.7. The average Bonchev–Trinajstić information content (AvgIpc) is 3.16. The van der Waals surface area contributed by atoms with E-state index in [1.54, 1.807) is 23.6 Å². The van der Waals surface area contributed by atoms with Crippen LogP contribution in [-0.4, -0.2) is 23.1 Å². The Labute approximate surface area is 142 Å². The summed E-state index contributed by atoms with van der Waals surface area (Å²) in [6, 6.07) is 9.05. The lowest BCUT2D eigenvalue weighted by atomic mass is 10.2. The van der Waals surface area contributed by atoms with Gasteiger partial charge < -0.3 is 13.7 Å². The molecule has 2 aromatic heterocycles. The van der Waals surface area contributed by atoms with Crippen molar-refractivity contribution in [3.05, 3.63) is 52.7 Å². The van der Waals surface area contributed by atoms with Gasteiger partial charge in [0.05, 0.1) is 23.1 Å². The van der Waals surface area contributed by atoms with E-state index in [0.29, 0.717) is 11.4 Å². The highest BCUT2D eigenvalue weighted by Crippen LogP contribution is 2.19. The van der Waals surface area contributed by atoms with Crippen molar-refractivity contribution in [1.29, 1.82) is 0 Å². The summed E-state index contributed by atoms with van der Waals surface area (Å²) in [7, 11) is 0. The fourth-order valence-corrected chi connectivity index (χ4v) is 3.42. The molecule has 0 N–H and O–H groups in total. The minimum absolute atomic E-state index is 0.00116. The number of nitrogens with zero attached hydrogens (tertiary/aromatic N) is 2. The maximum absolute atomic E-state index is 12.2. The van der Waals surface area contributed by atoms with Gasteiger partial charge in [0.25, 0.3) is 0 Å². The minimum Gasteiger partial charge on any atom is -0.465 e. The number of ether oxygens (including phenoxy) is 1. The number of thiazole rings is 1. The van der Waals surface area contributed by atoms with Crippen molar-refractivity contribution in [1.82, 2.24) is 4.57 Å². The van der Waals surface area contributed by atoms with Gasteiger partial charge in [0.1, 0.15) is 6.54 Å². The van der Waals surface area contributed by atoms with E-state index in [1.807, 2.05) is 25.1 Å². The molecular weight excluding hydrogens is 328 g/mol. The molecule has 0 saturated carbocycles. The van der Waals surface area contributed by atoms with E-state index < -0.39 is 5.91 Å². The maximum Gasteiger partial charge on any atom is 0.326 e. The Morgan fingerprint density at radius 1 is 1.33 bits per heavy atom. The molecule has 0 aliphatic heterocycles. The zero-order chi connectivity index (χ0) is 17.1. The summed E-state index contributed by atoms with van der Waals surface area (Å²) in [5, 5.41) is 0. The number of amides is 1. The molecular formula is C17H16N2O4S. The first-order chi connectivity index (χ1) is 11.6. The fourth-order valence-electron chi connectivity index (χ4n) is 2.30. The second-order valence-electron chi connectivity index (χ2n) is 5.14. The van der Waals surface area contributed by atoms with Gasteiger partial charge in [0.2, 0.25) is 0 Å². The molecule has 0 spiro atoms. The van der Waals surface area contributed by atoms with Crippen LogP contribution in [0.2, 0.25) is 0 Å². The number of aryl methyl sites for hydroxylation is 1.